The highest BCUT2D eigenvalue weighted by molar-refractivity contribution is 5.16. The van der Waals surface area contributed by atoms with Crippen molar-refractivity contribution in [3.63, 3.8) is 0 Å². The number of nitrogens with zero attached hydrogens (tertiary/aromatic N) is 2. The molecule has 1 fully saturated rings. The third-order valence-corrected chi connectivity index (χ3v) is 3.16. The van der Waals surface area contributed by atoms with Gasteiger partial charge in [0.25, 0.3) is 0 Å². The van der Waals surface area contributed by atoms with Gasteiger partial charge in [0.2, 0.25) is 0 Å². The van der Waals surface area contributed by atoms with Gasteiger partial charge in [-0.15, -0.1) is 0 Å². The van der Waals surface area contributed by atoms with Crippen LogP contribution in [0.15, 0.2) is 16.7 Å². The van der Waals surface area contributed by atoms with Crippen molar-refractivity contribution < 1.29 is 4.42 Å². The first-order chi connectivity index (χ1) is 7.79. The second-order valence-corrected chi connectivity index (χ2v) is 4.48. The second kappa shape index (κ2) is 5.48. The molecule has 0 bridgehead atoms. The second-order valence-electron chi connectivity index (χ2n) is 4.48. The summed E-state index contributed by atoms with van der Waals surface area (Å²) in [5.41, 5.74) is 1.32. The van der Waals surface area contributed by atoms with Crippen LogP contribution in [0.4, 0.5) is 0 Å². The average Bonchev–Trinajstić information content (AvgIpc) is 2.70. The molecule has 1 N–H and O–H groups in total. The van der Waals surface area contributed by atoms with Gasteiger partial charge in [-0.1, -0.05) is 0 Å². The smallest absolute Gasteiger partial charge is 0.122 e. The number of hydrogen-bond acceptors (Lipinski definition) is 4. The molecule has 1 aliphatic heterocycles. The van der Waals surface area contributed by atoms with Crippen LogP contribution in [0.2, 0.25) is 0 Å². The lowest BCUT2D eigenvalue weighted by Gasteiger charge is -2.32. The first-order valence-electron chi connectivity index (χ1n) is 5.90. The zero-order valence-corrected chi connectivity index (χ0v) is 10.2. The van der Waals surface area contributed by atoms with Gasteiger partial charge in [-0.3, -0.25) is 4.90 Å². The Hall–Kier alpha value is -0.840. The normalized spacial score (nSPS) is 19.1. The Morgan fingerprint density at radius 3 is 2.75 bits per heavy atom. The molecule has 4 nitrogen and oxygen atoms in total. The Bertz CT molecular complexity index is 316. The fraction of sp³-hybridized carbons (Fsp3) is 0.667. The lowest BCUT2D eigenvalue weighted by atomic mass is 10.2. The third kappa shape index (κ3) is 2.84. The molecule has 0 saturated carbocycles. The molecule has 2 heterocycles. The van der Waals surface area contributed by atoms with Crippen molar-refractivity contribution in [2.24, 2.45) is 0 Å². The van der Waals surface area contributed by atoms with Crippen molar-refractivity contribution in [3.8, 4) is 0 Å². The van der Waals surface area contributed by atoms with Crippen LogP contribution in [0.5, 0.6) is 0 Å². The minimum atomic E-state index is 0.816. The lowest BCUT2D eigenvalue weighted by Crippen LogP contribution is -2.43. The van der Waals surface area contributed by atoms with Crippen LogP contribution < -0.4 is 5.32 Å². The van der Waals surface area contributed by atoms with Crippen molar-refractivity contribution in [3.05, 3.63) is 23.7 Å². The van der Waals surface area contributed by atoms with Crippen LogP contribution in [0, 0.1) is 0 Å². The molecule has 0 unspecified atom stereocenters. The van der Waals surface area contributed by atoms with Crippen molar-refractivity contribution in [2.75, 3.05) is 40.3 Å². The summed E-state index contributed by atoms with van der Waals surface area (Å²) in [7, 11) is 4.13. The summed E-state index contributed by atoms with van der Waals surface area (Å²) in [4.78, 5) is 4.87. The highest BCUT2D eigenvalue weighted by Gasteiger charge is 2.16. The maximum Gasteiger partial charge on any atom is 0.122 e. The van der Waals surface area contributed by atoms with Crippen LogP contribution in [0.25, 0.3) is 0 Å². The highest BCUT2D eigenvalue weighted by atomic mass is 16.3. The molecular formula is C12H21N3O. The van der Waals surface area contributed by atoms with Crippen molar-refractivity contribution in [1.82, 2.24) is 15.1 Å². The van der Waals surface area contributed by atoms with Gasteiger partial charge in [0, 0.05) is 38.3 Å². The van der Waals surface area contributed by atoms with Gasteiger partial charge in [0.05, 0.1) is 12.8 Å². The molecule has 16 heavy (non-hydrogen) atoms. The summed E-state index contributed by atoms with van der Waals surface area (Å²) >= 11 is 0. The summed E-state index contributed by atoms with van der Waals surface area (Å²) in [6, 6.07) is 2.09. The van der Waals surface area contributed by atoms with Crippen LogP contribution in [0.1, 0.15) is 11.3 Å². The van der Waals surface area contributed by atoms with Gasteiger partial charge in [0.1, 0.15) is 5.76 Å². The quantitative estimate of drug-likeness (QED) is 0.816. The first kappa shape index (κ1) is 11.6. The van der Waals surface area contributed by atoms with Crippen molar-refractivity contribution >= 4 is 0 Å². The summed E-state index contributed by atoms with van der Waals surface area (Å²) < 4.78 is 5.47. The van der Waals surface area contributed by atoms with Gasteiger partial charge in [-0.25, -0.2) is 0 Å². The molecule has 0 atom stereocenters. The molecule has 1 saturated heterocycles. The lowest BCUT2D eigenvalue weighted by molar-refractivity contribution is 0.147. The third-order valence-electron chi connectivity index (χ3n) is 3.16. The monoisotopic (exact) mass is 223 g/mol. The SMILES string of the molecule is CNCc1occc1CN1CCN(C)CC1. The average molecular weight is 223 g/mol. The van der Waals surface area contributed by atoms with E-state index in [0.29, 0.717) is 0 Å². The van der Waals surface area contributed by atoms with E-state index in [2.05, 4.69) is 28.2 Å². The maximum atomic E-state index is 5.47. The zero-order valence-electron chi connectivity index (χ0n) is 10.2. The number of furan rings is 1. The maximum absolute atomic E-state index is 5.47. The molecule has 0 spiro atoms. The van der Waals surface area contributed by atoms with Crippen LogP contribution in [-0.2, 0) is 13.1 Å². The molecule has 0 radical (unpaired) electrons. The largest absolute Gasteiger partial charge is 0.468 e. The minimum absolute atomic E-state index is 0.816. The number of likely N-dealkylation sites (N-methyl/N-ethyl adjacent to an activating group) is 1. The van der Waals surface area contributed by atoms with Gasteiger partial charge >= 0.3 is 0 Å². The van der Waals surface area contributed by atoms with E-state index in [1.54, 1.807) is 6.26 Å². The zero-order chi connectivity index (χ0) is 11.4. The molecule has 1 aromatic rings. The Kier molecular flexibility index (Phi) is 3.98. The Morgan fingerprint density at radius 2 is 2.06 bits per heavy atom. The molecule has 1 aliphatic rings. The Labute approximate surface area is 97.2 Å². The summed E-state index contributed by atoms with van der Waals surface area (Å²) in [5.74, 6) is 1.07. The van der Waals surface area contributed by atoms with E-state index in [9.17, 15) is 0 Å². The Balaban J connectivity index is 1.90. The molecule has 0 aromatic carbocycles. The molecule has 0 amide bonds. The summed E-state index contributed by atoms with van der Waals surface area (Å²) in [6.45, 7) is 6.47. The topological polar surface area (TPSA) is 31.7 Å². The number of hydrogen-bond donors (Lipinski definition) is 1. The molecule has 4 heteroatoms. The van der Waals surface area contributed by atoms with E-state index in [4.69, 9.17) is 4.42 Å². The standard InChI is InChI=1S/C12H21N3O/c1-13-9-12-11(3-8-16-12)10-15-6-4-14(2)5-7-15/h3,8,13H,4-7,9-10H2,1-2H3. The van der Waals surface area contributed by atoms with Gasteiger partial charge in [-0.2, -0.15) is 0 Å². The predicted octanol–water partition coefficient (Wildman–Crippen LogP) is 0.746. The Morgan fingerprint density at radius 1 is 1.31 bits per heavy atom. The fourth-order valence-corrected chi connectivity index (χ4v) is 2.07. The van der Waals surface area contributed by atoms with E-state index < -0.39 is 0 Å². The fourth-order valence-electron chi connectivity index (χ4n) is 2.07. The van der Waals surface area contributed by atoms with Crippen molar-refractivity contribution in [2.45, 2.75) is 13.1 Å². The van der Waals surface area contributed by atoms with Gasteiger partial charge < -0.3 is 14.6 Å². The van der Waals surface area contributed by atoms with E-state index in [0.717, 1.165) is 31.9 Å². The number of rotatable bonds is 4. The van der Waals surface area contributed by atoms with Gasteiger partial charge in [-0.05, 0) is 20.2 Å². The predicted molar refractivity (Wildman–Crippen MR) is 64.2 cm³/mol. The van der Waals surface area contributed by atoms with E-state index >= 15 is 0 Å². The molecule has 0 aliphatic carbocycles. The molecule has 1 aromatic heterocycles. The van der Waals surface area contributed by atoms with E-state index in [1.807, 2.05) is 7.05 Å². The number of piperazine rings is 1. The van der Waals surface area contributed by atoms with Crippen LogP contribution in [0.3, 0.4) is 0 Å². The first-order valence-corrected chi connectivity index (χ1v) is 5.90. The molecule has 90 valence electrons. The summed E-state index contributed by atoms with van der Waals surface area (Å²) in [5, 5.41) is 3.13. The minimum Gasteiger partial charge on any atom is -0.468 e. The van der Waals surface area contributed by atoms with E-state index in [1.165, 1.54) is 18.7 Å². The molecule has 2 rings (SSSR count). The van der Waals surface area contributed by atoms with Crippen LogP contribution >= 0.6 is 0 Å². The number of nitrogens with one attached hydrogen (secondary N) is 1. The summed E-state index contributed by atoms with van der Waals surface area (Å²) in [6.07, 6.45) is 1.79. The van der Waals surface area contributed by atoms with Crippen molar-refractivity contribution in [1.29, 1.82) is 0 Å². The highest BCUT2D eigenvalue weighted by Crippen LogP contribution is 2.14. The molecular weight excluding hydrogens is 202 g/mol. The van der Waals surface area contributed by atoms with Gasteiger partial charge in [0.15, 0.2) is 0 Å². The van der Waals surface area contributed by atoms with Crippen LogP contribution in [-0.4, -0.2) is 50.1 Å². The van der Waals surface area contributed by atoms with E-state index in [-0.39, 0.29) is 0 Å².